The maximum absolute atomic E-state index is 12.3. The highest BCUT2D eigenvalue weighted by molar-refractivity contribution is 5.77. The van der Waals surface area contributed by atoms with Gasteiger partial charge in [0.05, 0.1) is 6.42 Å². The molecule has 17 heavy (non-hydrogen) atoms. The van der Waals surface area contributed by atoms with Crippen molar-refractivity contribution < 1.29 is 23.1 Å². The fourth-order valence-electron chi connectivity index (χ4n) is 1.94. The molecule has 1 fully saturated rings. The fraction of sp³-hybridized carbons (Fsp3) is 0.909. The maximum Gasteiger partial charge on any atom is 0.417 e. The summed E-state index contributed by atoms with van der Waals surface area (Å²) in [7, 11) is 0. The second-order valence-electron chi connectivity index (χ2n) is 4.85. The molecule has 0 aromatic heterocycles. The summed E-state index contributed by atoms with van der Waals surface area (Å²) in [5.74, 6) is -0.737. The predicted molar refractivity (Wildman–Crippen MR) is 56.3 cm³/mol. The lowest BCUT2D eigenvalue weighted by molar-refractivity contribution is -0.253. The summed E-state index contributed by atoms with van der Waals surface area (Å²) in [5.41, 5.74) is -2.95. The van der Waals surface area contributed by atoms with Gasteiger partial charge in [-0.15, -0.1) is 0 Å². The quantitative estimate of drug-likeness (QED) is 0.809. The van der Waals surface area contributed by atoms with Crippen LogP contribution in [0.4, 0.5) is 13.2 Å². The third-order valence-electron chi connectivity index (χ3n) is 3.09. The molecule has 1 aliphatic carbocycles. The van der Waals surface area contributed by atoms with Gasteiger partial charge in [-0.1, -0.05) is 19.3 Å². The topological polar surface area (TPSA) is 49.3 Å². The van der Waals surface area contributed by atoms with Crippen LogP contribution in [0.5, 0.6) is 0 Å². The summed E-state index contributed by atoms with van der Waals surface area (Å²) in [4.78, 5) is 11.4. The second kappa shape index (κ2) is 5.25. The molecule has 1 unspecified atom stereocenters. The summed E-state index contributed by atoms with van der Waals surface area (Å²) < 4.78 is 37.0. The zero-order valence-corrected chi connectivity index (χ0v) is 9.81. The molecule has 2 N–H and O–H groups in total. The Balaban J connectivity index is 2.43. The molecule has 0 saturated heterocycles. The number of hydrogen-bond acceptors (Lipinski definition) is 2. The minimum absolute atomic E-state index is 0.0414. The number of amides is 1. The molecule has 1 saturated carbocycles. The van der Waals surface area contributed by atoms with E-state index in [-0.39, 0.29) is 6.04 Å². The molecule has 6 heteroatoms. The van der Waals surface area contributed by atoms with E-state index in [9.17, 15) is 18.0 Å². The molecular formula is C11H18F3NO2. The van der Waals surface area contributed by atoms with Gasteiger partial charge in [0.25, 0.3) is 0 Å². The van der Waals surface area contributed by atoms with Crippen LogP contribution < -0.4 is 5.32 Å². The normalized spacial score (nSPS) is 21.9. The highest BCUT2D eigenvalue weighted by Gasteiger charge is 2.51. The SMILES string of the molecule is CC(O)(CC(=O)NC1CCCCC1)C(F)(F)F. The van der Waals surface area contributed by atoms with Gasteiger partial charge in [-0.25, -0.2) is 0 Å². The Morgan fingerprint density at radius 1 is 1.29 bits per heavy atom. The third kappa shape index (κ3) is 4.18. The van der Waals surface area contributed by atoms with Crippen LogP contribution >= 0.6 is 0 Å². The third-order valence-corrected chi connectivity index (χ3v) is 3.09. The van der Waals surface area contributed by atoms with Crippen molar-refractivity contribution in [3.8, 4) is 0 Å². The van der Waals surface area contributed by atoms with Gasteiger partial charge in [-0.2, -0.15) is 13.2 Å². The Hall–Kier alpha value is -0.780. The van der Waals surface area contributed by atoms with Crippen LogP contribution in [-0.4, -0.2) is 28.8 Å². The van der Waals surface area contributed by atoms with E-state index in [4.69, 9.17) is 5.11 Å². The first-order chi connectivity index (χ1) is 7.72. The van der Waals surface area contributed by atoms with Crippen molar-refractivity contribution in [2.75, 3.05) is 0 Å². The molecule has 100 valence electrons. The molecule has 0 radical (unpaired) electrons. The van der Waals surface area contributed by atoms with Gasteiger partial charge in [0.15, 0.2) is 5.60 Å². The number of nitrogens with one attached hydrogen (secondary N) is 1. The van der Waals surface area contributed by atoms with Gasteiger partial charge in [-0.3, -0.25) is 4.79 Å². The van der Waals surface area contributed by atoms with Gasteiger partial charge >= 0.3 is 6.18 Å². The van der Waals surface area contributed by atoms with Crippen molar-refractivity contribution in [2.24, 2.45) is 0 Å². The number of halogens is 3. The standard InChI is InChI=1S/C11H18F3NO2/c1-10(17,11(12,13)14)7-9(16)15-8-5-3-2-4-6-8/h8,17H,2-7H2,1H3,(H,15,16). The van der Waals surface area contributed by atoms with E-state index in [1.165, 1.54) is 0 Å². The van der Waals surface area contributed by atoms with E-state index in [0.717, 1.165) is 32.1 Å². The Bertz CT molecular complexity index is 270. The summed E-state index contributed by atoms with van der Waals surface area (Å²) >= 11 is 0. The molecule has 1 atom stereocenters. The molecule has 1 amide bonds. The van der Waals surface area contributed by atoms with Crippen LogP contribution in [0.1, 0.15) is 45.4 Å². The average molecular weight is 253 g/mol. The van der Waals surface area contributed by atoms with Crippen molar-refractivity contribution >= 4 is 5.91 Å². The maximum atomic E-state index is 12.3. The Morgan fingerprint density at radius 3 is 2.29 bits per heavy atom. The highest BCUT2D eigenvalue weighted by atomic mass is 19.4. The van der Waals surface area contributed by atoms with Gasteiger partial charge < -0.3 is 10.4 Å². The monoisotopic (exact) mass is 253 g/mol. The van der Waals surface area contributed by atoms with E-state index < -0.39 is 24.1 Å². The molecule has 0 aromatic carbocycles. The summed E-state index contributed by atoms with van der Waals surface area (Å²) in [6, 6.07) is -0.0414. The Morgan fingerprint density at radius 2 is 1.82 bits per heavy atom. The van der Waals surface area contributed by atoms with Crippen LogP contribution in [0.15, 0.2) is 0 Å². The predicted octanol–water partition coefficient (Wildman–Crippen LogP) is 2.14. The number of rotatable bonds is 3. The Kier molecular flexibility index (Phi) is 4.41. The van der Waals surface area contributed by atoms with Gasteiger partial charge in [0, 0.05) is 6.04 Å². The molecule has 0 bridgehead atoms. The van der Waals surface area contributed by atoms with Crippen molar-refractivity contribution in [3.63, 3.8) is 0 Å². The molecule has 0 spiro atoms. The summed E-state index contributed by atoms with van der Waals surface area (Å²) in [5, 5.41) is 11.7. The average Bonchev–Trinajstić information content (AvgIpc) is 2.16. The smallest absolute Gasteiger partial charge is 0.380 e. The van der Waals surface area contributed by atoms with Crippen LogP contribution in [-0.2, 0) is 4.79 Å². The Labute approximate surface area is 98.4 Å². The molecule has 1 aliphatic rings. The number of alkyl halides is 3. The molecule has 3 nitrogen and oxygen atoms in total. The van der Waals surface area contributed by atoms with E-state index in [0.29, 0.717) is 6.92 Å². The lowest BCUT2D eigenvalue weighted by Crippen LogP contribution is -2.47. The van der Waals surface area contributed by atoms with Crippen molar-refractivity contribution in [2.45, 2.75) is 63.3 Å². The van der Waals surface area contributed by atoms with Crippen LogP contribution in [0.25, 0.3) is 0 Å². The zero-order valence-electron chi connectivity index (χ0n) is 9.81. The number of carbonyl (C=O) groups excluding carboxylic acids is 1. The number of hydrogen-bond donors (Lipinski definition) is 2. The van der Waals surface area contributed by atoms with Gasteiger partial charge in [0.2, 0.25) is 5.91 Å². The first kappa shape index (κ1) is 14.3. The lowest BCUT2D eigenvalue weighted by atomic mass is 9.94. The van der Waals surface area contributed by atoms with E-state index in [1.807, 2.05) is 0 Å². The van der Waals surface area contributed by atoms with Crippen LogP contribution in [0.2, 0.25) is 0 Å². The minimum Gasteiger partial charge on any atom is -0.380 e. The molecule has 0 heterocycles. The van der Waals surface area contributed by atoms with E-state index >= 15 is 0 Å². The van der Waals surface area contributed by atoms with Crippen molar-refractivity contribution in [1.29, 1.82) is 0 Å². The molecule has 0 aliphatic heterocycles. The lowest BCUT2D eigenvalue weighted by Gasteiger charge is -2.28. The summed E-state index contributed by atoms with van der Waals surface area (Å²) in [6.45, 7) is 0.619. The minimum atomic E-state index is -4.78. The van der Waals surface area contributed by atoms with E-state index in [2.05, 4.69) is 5.32 Å². The van der Waals surface area contributed by atoms with Gasteiger partial charge in [0.1, 0.15) is 0 Å². The van der Waals surface area contributed by atoms with E-state index in [1.54, 1.807) is 0 Å². The highest BCUT2D eigenvalue weighted by Crippen LogP contribution is 2.32. The first-order valence-electron chi connectivity index (χ1n) is 5.81. The van der Waals surface area contributed by atoms with Gasteiger partial charge in [-0.05, 0) is 19.8 Å². The molecule has 1 rings (SSSR count). The number of carbonyl (C=O) groups is 1. The van der Waals surface area contributed by atoms with Crippen LogP contribution in [0.3, 0.4) is 0 Å². The largest absolute Gasteiger partial charge is 0.417 e. The summed E-state index contributed by atoms with van der Waals surface area (Å²) in [6.07, 6.45) is -1.03. The molecular weight excluding hydrogens is 235 g/mol. The number of aliphatic hydroxyl groups is 1. The molecule has 0 aromatic rings. The van der Waals surface area contributed by atoms with Crippen LogP contribution in [0, 0.1) is 0 Å². The second-order valence-corrected chi connectivity index (χ2v) is 4.85. The first-order valence-corrected chi connectivity index (χ1v) is 5.81. The van der Waals surface area contributed by atoms with Crippen molar-refractivity contribution in [1.82, 2.24) is 5.32 Å². The fourth-order valence-corrected chi connectivity index (χ4v) is 1.94. The van der Waals surface area contributed by atoms with Crippen molar-refractivity contribution in [3.05, 3.63) is 0 Å². The zero-order chi connectivity index (χ0) is 13.1.